The predicted molar refractivity (Wildman–Crippen MR) is 61.0 cm³/mol. The quantitative estimate of drug-likeness (QED) is 0.726. The summed E-state index contributed by atoms with van der Waals surface area (Å²) < 4.78 is 11.6. The van der Waals surface area contributed by atoms with Crippen molar-refractivity contribution in [2.45, 2.75) is 58.3 Å². The molecule has 92 valence electrons. The van der Waals surface area contributed by atoms with E-state index in [-0.39, 0.29) is 18.3 Å². The van der Waals surface area contributed by atoms with Crippen LogP contribution in [0.1, 0.15) is 46.0 Å². The standard InChI is InChI=1S/C13H22O3/c1-9-10(2)12(7-6-11(9)14)16-13-5-3-4-8-15-13/h9-10,12-13H,3-8H2,1-2H3/t9-,10-,12+,13?/m1/s1. The van der Waals surface area contributed by atoms with E-state index in [0.29, 0.717) is 18.1 Å². The molecule has 0 aromatic carbocycles. The fraction of sp³-hybridized carbons (Fsp3) is 0.923. The number of rotatable bonds is 2. The maximum atomic E-state index is 11.6. The molecule has 1 heterocycles. The second kappa shape index (κ2) is 5.28. The van der Waals surface area contributed by atoms with Crippen LogP contribution in [0.4, 0.5) is 0 Å². The highest BCUT2D eigenvalue weighted by atomic mass is 16.7. The highest BCUT2D eigenvalue weighted by Gasteiger charge is 2.35. The van der Waals surface area contributed by atoms with Gasteiger partial charge in [0.25, 0.3) is 0 Å². The Hall–Kier alpha value is -0.410. The van der Waals surface area contributed by atoms with Gasteiger partial charge in [0, 0.05) is 18.9 Å². The minimum Gasteiger partial charge on any atom is -0.353 e. The van der Waals surface area contributed by atoms with Gasteiger partial charge in [-0.25, -0.2) is 0 Å². The molecule has 1 saturated carbocycles. The van der Waals surface area contributed by atoms with Crippen LogP contribution < -0.4 is 0 Å². The molecule has 2 aliphatic rings. The molecule has 0 aromatic rings. The SMILES string of the molecule is C[C@H]1[C@@H](OC2CCCCO2)CCC(=O)[C@@H]1C. The first-order valence-electron chi connectivity index (χ1n) is 6.48. The zero-order chi connectivity index (χ0) is 11.5. The van der Waals surface area contributed by atoms with Gasteiger partial charge in [-0.1, -0.05) is 13.8 Å². The zero-order valence-electron chi connectivity index (χ0n) is 10.3. The fourth-order valence-electron chi connectivity index (χ4n) is 2.60. The van der Waals surface area contributed by atoms with E-state index in [1.165, 1.54) is 6.42 Å². The molecule has 1 unspecified atom stereocenters. The zero-order valence-corrected chi connectivity index (χ0v) is 10.3. The molecule has 3 nitrogen and oxygen atoms in total. The lowest BCUT2D eigenvalue weighted by Gasteiger charge is -2.36. The second-order valence-corrected chi connectivity index (χ2v) is 5.12. The summed E-state index contributed by atoms with van der Waals surface area (Å²) in [5, 5.41) is 0. The number of carbonyl (C=O) groups is 1. The highest BCUT2D eigenvalue weighted by molar-refractivity contribution is 5.81. The Labute approximate surface area is 97.5 Å². The third-order valence-electron chi connectivity index (χ3n) is 4.02. The Morgan fingerprint density at radius 2 is 2.06 bits per heavy atom. The van der Waals surface area contributed by atoms with Gasteiger partial charge in [0.05, 0.1) is 6.10 Å². The van der Waals surface area contributed by atoms with E-state index in [0.717, 1.165) is 25.9 Å². The molecule has 0 aromatic heterocycles. The van der Waals surface area contributed by atoms with Gasteiger partial charge in [-0.3, -0.25) is 4.79 Å². The van der Waals surface area contributed by atoms with Crippen LogP contribution in [0.3, 0.4) is 0 Å². The van der Waals surface area contributed by atoms with Crippen molar-refractivity contribution in [3.63, 3.8) is 0 Å². The highest BCUT2D eigenvalue weighted by Crippen LogP contribution is 2.31. The van der Waals surface area contributed by atoms with Gasteiger partial charge < -0.3 is 9.47 Å². The summed E-state index contributed by atoms with van der Waals surface area (Å²) in [4.78, 5) is 11.6. The number of carbonyl (C=O) groups excluding carboxylic acids is 1. The van der Waals surface area contributed by atoms with Gasteiger partial charge in [0.2, 0.25) is 0 Å². The molecule has 4 atom stereocenters. The van der Waals surface area contributed by atoms with Crippen LogP contribution in [0, 0.1) is 11.8 Å². The van der Waals surface area contributed by atoms with Gasteiger partial charge >= 0.3 is 0 Å². The molecular weight excluding hydrogens is 204 g/mol. The van der Waals surface area contributed by atoms with E-state index in [1.807, 2.05) is 6.92 Å². The molecule has 0 bridgehead atoms. The first-order valence-corrected chi connectivity index (χ1v) is 6.48. The van der Waals surface area contributed by atoms with Gasteiger partial charge in [-0.2, -0.15) is 0 Å². The molecule has 0 amide bonds. The molecule has 1 aliphatic carbocycles. The van der Waals surface area contributed by atoms with Crippen molar-refractivity contribution in [2.24, 2.45) is 11.8 Å². The summed E-state index contributed by atoms with van der Waals surface area (Å²) in [6.07, 6.45) is 5.06. The smallest absolute Gasteiger partial charge is 0.157 e. The van der Waals surface area contributed by atoms with Crippen molar-refractivity contribution >= 4 is 5.78 Å². The average molecular weight is 226 g/mol. The topological polar surface area (TPSA) is 35.5 Å². The Balaban J connectivity index is 1.86. The Kier molecular flexibility index (Phi) is 3.98. The summed E-state index contributed by atoms with van der Waals surface area (Å²) in [6, 6.07) is 0. The van der Waals surface area contributed by atoms with Crippen molar-refractivity contribution in [3.05, 3.63) is 0 Å². The molecular formula is C13H22O3. The lowest BCUT2D eigenvalue weighted by Crippen LogP contribution is -2.40. The van der Waals surface area contributed by atoms with Crippen LogP contribution in [-0.4, -0.2) is 24.8 Å². The van der Waals surface area contributed by atoms with Crippen molar-refractivity contribution in [2.75, 3.05) is 6.61 Å². The number of hydrogen-bond acceptors (Lipinski definition) is 3. The molecule has 1 saturated heterocycles. The molecule has 16 heavy (non-hydrogen) atoms. The Morgan fingerprint density at radius 1 is 1.25 bits per heavy atom. The van der Waals surface area contributed by atoms with Crippen LogP contribution in [0.15, 0.2) is 0 Å². The fourth-order valence-corrected chi connectivity index (χ4v) is 2.60. The minimum absolute atomic E-state index is 0.0263. The number of ketones is 1. The largest absolute Gasteiger partial charge is 0.353 e. The van der Waals surface area contributed by atoms with Gasteiger partial charge in [0.1, 0.15) is 5.78 Å². The van der Waals surface area contributed by atoms with Crippen LogP contribution >= 0.6 is 0 Å². The minimum atomic E-state index is -0.0263. The second-order valence-electron chi connectivity index (χ2n) is 5.12. The van der Waals surface area contributed by atoms with E-state index in [9.17, 15) is 4.79 Å². The maximum Gasteiger partial charge on any atom is 0.157 e. The van der Waals surface area contributed by atoms with Gasteiger partial charge in [-0.05, 0) is 31.6 Å². The summed E-state index contributed by atoms with van der Waals surface area (Å²) in [5.74, 6) is 0.853. The summed E-state index contributed by atoms with van der Waals surface area (Å²) in [6.45, 7) is 4.96. The van der Waals surface area contributed by atoms with Crippen molar-refractivity contribution < 1.29 is 14.3 Å². The summed E-state index contributed by atoms with van der Waals surface area (Å²) >= 11 is 0. The first kappa shape index (κ1) is 12.1. The molecule has 2 rings (SSSR count). The predicted octanol–water partition coefficient (Wildman–Crippen LogP) is 2.53. The van der Waals surface area contributed by atoms with E-state index in [4.69, 9.17) is 9.47 Å². The van der Waals surface area contributed by atoms with E-state index in [1.54, 1.807) is 0 Å². The molecule has 0 radical (unpaired) electrons. The molecule has 2 fully saturated rings. The van der Waals surface area contributed by atoms with Crippen LogP contribution in [0.2, 0.25) is 0 Å². The molecule has 3 heteroatoms. The molecule has 0 spiro atoms. The van der Waals surface area contributed by atoms with Crippen molar-refractivity contribution in [1.29, 1.82) is 0 Å². The Bertz CT molecular complexity index is 246. The number of ether oxygens (including phenoxy) is 2. The van der Waals surface area contributed by atoms with Crippen LogP contribution in [0.25, 0.3) is 0 Å². The Morgan fingerprint density at radius 3 is 2.75 bits per heavy atom. The third-order valence-corrected chi connectivity index (χ3v) is 4.02. The first-order chi connectivity index (χ1) is 7.68. The van der Waals surface area contributed by atoms with Crippen LogP contribution in [-0.2, 0) is 14.3 Å². The number of hydrogen-bond donors (Lipinski definition) is 0. The maximum absolute atomic E-state index is 11.6. The van der Waals surface area contributed by atoms with E-state index in [2.05, 4.69) is 6.92 Å². The van der Waals surface area contributed by atoms with E-state index >= 15 is 0 Å². The van der Waals surface area contributed by atoms with Crippen LogP contribution in [0.5, 0.6) is 0 Å². The normalized spacial score (nSPS) is 41.0. The summed E-state index contributed by atoms with van der Waals surface area (Å²) in [5.41, 5.74) is 0. The average Bonchev–Trinajstić information content (AvgIpc) is 2.31. The molecule has 0 N–H and O–H groups in total. The van der Waals surface area contributed by atoms with E-state index < -0.39 is 0 Å². The van der Waals surface area contributed by atoms with Crippen molar-refractivity contribution in [1.82, 2.24) is 0 Å². The molecule has 1 aliphatic heterocycles. The third kappa shape index (κ3) is 2.64. The lowest BCUT2D eigenvalue weighted by atomic mass is 9.78. The number of Topliss-reactive ketones (excluding diaryl/α,β-unsaturated/α-hetero) is 1. The van der Waals surface area contributed by atoms with Gasteiger partial charge in [-0.15, -0.1) is 0 Å². The summed E-state index contributed by atoms with van der Waals surface area (Å²) in [7, 11) is 0. The monoisotopic (exact) mass is 226 g/mol. The van der Waals surface area contributed by atoms with Gasteiger partial charge in [0.15, 0.2) is 6.29 Å². The van der Waals surface area contributed by atoms with Crippen molar-refractivity contribution in [3.8, 4) is 0 Å². The lowest BCUT2D eigenvalue weighted by molar-refractivity contribution is -0.206.